The van der Waals surface area contributed by atoms with E-state index in [0.717, 1.165) is 3.79 Å². The number of hydrogen-bond donors (Lipinski definition) is 2. The lowest BCUT2D eigenvalue weighted by molar-refractivity contribution is 0.0689. The molecule has 0 atom stereocenters. The van der Waals surface area contributed by atoms with Gasteiger partial charge in [-0.2, -0.15) is 0 Å². The second-order valence-corrected chi connectivity index (χ2v) is 5.31. The molecule has 4 nitrogen and oxygen atoms in total. The molecule has 84 valence electrons. The molecule has 1 aromatic heterocycles. The number of aliphatic hydroxyl groups is 2. The minimum absolute atomic E-state index is 0.0989. The van der Waals surface area contributed by atoms with Gasteiger partial charge in [0.1, 0.15) is 0 Å². The Morgan fingerprint density at radius 2 is 1.93 bits per heavy atom. The van der Waals surface area contributed by atoms with Crippen molar-refractivity contribution in [3.8, 4) is 0 Å². The monoisotopic (exact) mass is 293 g/mol. The third-order valence-corrected chi connectivity index (χ3v) is 3.42. The van der Waals surface area contributed by atoms with Gasteiger partial charge < -0.3 is 15.1 Å². The fourth-order valence-electron chi connectivity index (χ4n) is 1.14. The summed E-state index contributed by atoms with van der Waals surface area (Å²) >= 11 is 4.61. The van der Waals surface area contributed by atoms with Gasteiger partial charge in [-0.1, -0.05) is 0 Å². The second kappa shape index (κ2) is 6.22. The molecule has 0 fully saturated rings. The minimum atomic E-state index is -0.159. The molecular formula is C9H12BrNO3S. The van der Waals surface area contributed by atoms with E-state index >= 15 is 0 Å². The molecular weight excluding hydrogens is 282 g/mol. The van der Waals surface area contributed by atoms with Gasteiger partial charge in [0.05, 0.1) is 21.9 Å². The van der Waals surface area contributed by atoms with E-state index in [1.165, 1.54) is 16.2 Å². The highest BCUT2D eigenvalue weighted by atomic mass is 79.9. The quantitative estimate of drug-likeness (QED) is 0.849. The van der Waals surface area contributed by atoms with Crippen LogP contribution in [0.2, 0.25) is 0 Å². The lowest BCUT2D eigenvalue weighted by atomic mass is 10.4. The lowest BCUT2D eigenvalue weighted by Gasteiger charge is -2.19. The first-order valence-corrected chi connectivity index (χ1v) is 6.06. The van der Waals surface area contributed by atoms with Gasteiger partial charge in [0.15, 0.2) is 0 Å². The fourth-order valence-corrected chi connectivity index (χ4v) is 2.50. The minimum Gasteiger partial charge on any atom is -0.395 e. The van der Waals surface area contributed by atoms with Crippen molar-refractivity contribution in [2.45, 2.75) is 0 Å². The van der Waals surface area contributed by atoms with Crippen LogP contribution in [0.4, 0.5) is 0 Å². The standard InChI is InChI=1S/C9H12BrNO3S/c10-8-2-1-7(15-8)9(14)11(3-5-12)4-6-13/h1-2,12-13H,3-6H2. The molecule has 1 rings (SSSR count). The molecule has 0 saturated heterocycles. The number of carbonyl (C=O) groups is 1. The van der Waals surface area contributed by atoms with Crippen molar-refractivity contribution in [2.75, 3.05) is 26.3 Å². The molecule has 0 unspecified atom stereocenters. The van der Waals surface area contributed by atoms with Crippen molar-refractivity contribution < 1.29 is 15.0 Å². The summed E-state index contributed by atoms with van der Waals surface area (Å²) in [6.45, 7) is 0.292. The van der Waals surface area contributed by atoms with Gasteiger partial charge in [0, 0.05) is 13.1 Å². The number of hydrogen-bond acceptors (Lipinski definition) is 4. The molecule has 2 N–H and O–H groups in total. The van der Waals surface area contributed by atoms with Crippen LogP contribution in [0, 0.1) is 0 Å². The first-order valence-electron chi connectivity index (χ1n) is 4.45. The Labute approximate surface area is 100 Å². The molecule has 0 aliphatic heterocycles. The topological polar surface area (TPSA) is 60.8 Å². The summed E-state index contributed by atoms with van der Waals surface area (Å²) in [7, 11) is 0. The van der Waals surface area contributed by atoms with E-state index in [4.69, 9.17) is 10.2 Å². The van der Waals surface area contributed by atoms with Crippen molar-refractivity contribution in [1.82, 2.24) is 4.90 Å². The van der Waals surface area contributed by atoms with Gasteiger partial charge in [-0.15, -0.1) is 11.3 Å². The second-order valence-electron chi connectivity index (χ2n) is 2.84. The molecule has 0 aliphatic carbocycles. The van der Waals surface area contributed by atoms with Gasteiger partial charge in [-0.05, 0) is 28.1 Å². The molecule has 1 heterocycles. The SMILES string of the molecule is O=C(c1ccc(Br)s1)N(CCO)CCO. The average Bonchev–Trinajstić information content (AvgIpc) is 2.63. The molecule has 0 bridgehead atoms. The third-order valence-electron chi connectivity index (χ3n) is 1.81. The van der Waals surface area contributed by atoms with Crippen LogP contribution in [-0.4, -0.2) is 47.3 Å². The number of halogens is 1. The molecule has 1 amide bonds. The largest absolute Gasteiger partial charge is 0.395 e. The van der Waals surface area contributed by atoms with Gasteiger partial charge in [0.2, 0.25) is 0 Å². The Kier molecular flexibility index (Phi) is 5.24. The zero-order valence-electron chi connectivity index (χ0n) is 8.02. The molecule has 0 radical (unpaired) electrons. The average molecular weight is 294 g/mol. The van der Waals surface area contributed by atoms with E-state index in [2.05, 4.69) is 15.9 Å². The van der Waals surface area contributed by atoms with Crippen molar-refractivity contribution in [3.63, 3.8) is 0 Å². The molecule has 0 spiro atoms. The summed E-state index contributed by atoms with van der Waals surface area (Å²) in [5.41, 5.74) is 0. The number of amides is 1. The summed E-state index contributed by atoms with van der Waals surface area (Å²) < 4.78 is 0.888. The summed E-state index contributed by atoms with van der Waals surface area (Å²) in [5.74, 6) is -0.159. The molecule has 0 saturated carbocycles. The van der Waals surface area contributed by atoms with Crippen LogP contribution in [-0.2, 0) is 0 Å². The zero-order chi connectivity index (χ0) is 11.3. The summed E-state index contributed by atoms with van der Waals surface area (Å²) in [4.78, 5) is 13.9. The number of rotatable bonds is 5. The maximum Gasteiger partial charge on any atom is 0.264 e. The number of thiophene rings is 1. The van der Waals surface area contributed by atoms with Crippen molar-refractivity contribution in [3.05, 3.63) is 20.8 Å². The van der Waals surface area contributed by atoms with Crippen LogP contribution < -0.4 is 0 Å². The molecule has 0 aromatic carbocycles. The van der Waals surface area contributed by atoms with Crippen molar-refractivity contribution in [2.24, 2.45) is 0 Å². The van der Waals surface area contributed by atoms with Crippen LogP contribution in [0.5, 0.6) is 0 Å². The fraction of sp³-hybridized carbons (Fsp3) is 0.444. The van der Waals surface area contributed by atoms with Gasteiger partial charge >= 0.3 is 0 Å². The first-order chi connectivity index (χ1) is 7.19. The first kappa shape index (κ1) is 12.6. The lowest BCUT2D eigenvalue weighted by Crippen LogP contribution is -2.35. The van der Waals surface area contributed by atoms with E-state index in [9.17, 15) is 4.79 Å². The molecule has 0 aliphatic rings. The van der Waals surface area contributed by atoms with Crippen LogP contribution in [0.1, 0.15) is 9.67 Å². The number of nitrogens with zero attached hydrogens (tertiary/aromatic N) is 1. The Balaban J connectivity index is 2.71. The van der Waals surface area contributed by atoms with Gasteiger partial charge in [0.25, 0.3) is 5.91 Å². The smallest absolute Gasteiger partial charge is 0.264 e. The summed E-state index contributed by atoms with van der Waals surface area (Å²) in [6, 6.07) is 3.52. The Hall–Kier alpha value is -0.430. The van der Waals surface area contributed by atoms with E-state index in [1.54, 1.807) is 12.1 Å². The number of carbonyl (C=O) groups excluding carboxylic acids is 1. The molecule has 1 aromatic rings. The Morgan fingerprint density at radius 3 is 2.33 bits per heavy atom. The normalized spacial score (nSPS) is 10.3. The zero-order valence-corrected chi connectivity index (χ0v) is 10.4. The highest BCUT2D eigenvalue weighted by Crippen LogP contribution is 2.23. The third kappa shape index (κ3) is 3.57. The molecule has 6 heteroatoms. The van der Waals surface area contributed by atoms with E-state index < -0.39 is 0 Å². The van der Waals surface area contributed by atoms with Crippen LogP contribution in [0.15, 0.2) is 15.9 Å². The van der Waals surface area contributed by atoms with E-state index in [1.807, 2.05) is 0 Å². The van der Waals surface area contributed by atoms with Crippen molar-refractivity contribution in [1.29, 1.82) is 0 Å². The highest BCUT2D eigenvalue weighted by molar-refractivity contribution is 9.11. The maximum absolute atomic E-state index is 11.8. The van der Waals surface area contributed by atoms with Crippen LogP contribution >= 0.6 is 27.3 Å². The summed E-state index contributed by atoms with van der Waals surface area (Å²) in [5, 5.41) is 17.6. The molecule has 15 heavy (non-hydrogen) atoms. The number of aliphatic hydroxyl groups excluding tert-OH is 2. The van der Waals surface area contributed by atoms with Gasteiger partial charge in [-0.25, -0.2) is 0 Å². The summed E-state index contributed by atoms with van der Waals surface area (Å²) in [6.07, 6.45) is 0. The predicted molar refractivity (Wildman–Crippen MR) is 62.1 cm³/mol. The van der Waals surface area contributed by atoms with Crippen LogP contribution in [0.3, 0.4) is 0 Å². The van der Waals surface area contributed by atoms with Crippen LogP contribution in [0.25, 0.3) is 0 Å². The predicted octanol–water partition coefficient (Wildman–Crippen LogP) is 0.937. The highest BCUT2D eigenvalue weighted by Gasteiger charge is 2.16. The Morgan fingerprint density at radius 1 is 1.33 bits per heavy atom. The van der Waals surface area contributed by atoms with Crippen molar-refractivity contribution >= 4 is 33.2 Å². The van der Waals surface area contributed by atoms with E-state index in [0.29, 0.717) is 4.88 Å². The Bertz CT molecular complexity index is 323. The van der Waals surface area contributed by atoms with Gasteiger partial charge in [-0.3, -0.25) is 4.79 Å². The van der Waals surface area contributed by atoms with E-state index in [-0.39, 0.29) is 32.2 Å². The maximum atomic E-state index is 11.8.